The SMILES string of the molecule is CCCc1cc(C(=O)Nc2c(C)cccc2F)cc(Cl)n1. The molecule has 0 bridgehead atoms. The number of nitrogens with zero attached hydrogens (tertiary/aromatic N) is 1. The van der Waals surface area contributed by atoms with Gasteiger partial charge in [-0.1, -0.05) is 37.1 Å². The fraction of sp³-hybridized carbons (Fsp3) is 0.250. The van der Waals surface area contributed by atoms with Crippen LogP contribution in [0.4, 0.5) is 10.1 Å². The molecule has 1 amide bonds. The quantitative estimate of drug-likeness (QED) is 0.851. The minimum atomic E-state index is -0.461. The summed E-state index contributed by atoms with van der Waals surface area (Å²) in [4.78, 5) is 16.4. The molecule has 0 aliphatic carbocycles. The Morgan fingerprint density at radius 3 is 2.81 bits per heavy atom. The van der Waals surface area contributed by atoms with Gasteiger partial charge < -0.3 is 5.32 Å². The number of anilines is 1. The molecule has 0 aliphatic rings. The number of aryl methyl sites for hydroxylation is 2. The highest BCUT2D eigenvalue weighted by Gasteiger charge is 2.13. The predicted molar refractivity (Wildman–Crippen MR) is 82.3 cm³/mol. The molecule has 5 heteroatoms. The molecule has 0 radical (unpaired) electrons. The molecule has 2 rings (SSSR count). The molecule has 110 valence electrons. The Bertz CT molecular complexity index is 653. The van der Waals surface area contributed by atoms with E-state index in [1.165, 1.54) is 12.1 Å². The number of aromatic nitrogens is 1. The fourth-order valence-corrected chi connectivity index (χ4v) is 2.27. The van der Waals surface area contributed by atoms with E-state index in [0.29, 0.717) is 11.1 Å². The summed E-state index contributed by atoms with van der Waals surface area (Å²) < 4.78 is 13.8. The highest BCUT2D eigenvalue weighted by molar-refractivity contribution is 6.29. The van der Waals surface area contributed by atoms with Crippen molar-refractivity contribution in [1.82, 2.24) is 4.98 Å². The van der Waals surface area contributed by atoms with E-state index in [4.69, 9.17) is 11.6 Å². The number of amides is 1. The lowest BCUT2D eigenvalue weighted by Crippen LogP contribution is -2.14. The number of nitrogens with one attached hydrogen (secondary N) is 1. The smallest absolute Gasteiger partial charge is 0.255 e. The Morgan fingerprint density at radius 1 is 1.38 bits per heavy atom. The summed E-state index contributed by atoms with van der Waals surface area (Å²) in [5, 5.41) is 2.85. The predicted octanol–water partition coefficient (Wildman–Crippen LogP) is 4.39. The number of carbonyl (C=O) groups excluding carboxylic acids is 1. The maximum absolute atomic E-state index is 13.8. The summed E-state index contributed by atoms with van der Waals surface area (Å²) in [6.45, 7) is 3.76. The van der Waals surface area contributed by atoms with E-state index >= 15 is 0 Å². The number of rotatable bonds is 4. The lowest BCUT2D eigenvalue weighted by Gasteiger charge is -2.10. The molecular formula is C16H16ClFN2O. The molecule has 0 aliphatic heterocycles. The van der Waals surface area contributed by atoms with Crippen molar-refractivity contribution in [1.29, 1.82) is 0 Å². The monoisotopic (exact) mass is 306 g/mol. The average Bonchev–Trinajstić information content (AvgIpc) is 2.42. The van der Waals surface area contributed by atoms with E-state index in [0.717, 1.165) is 18.5 Å². The van der Waals surface area contributed by atoms with Gasteiger partial charge in [0.1, 0.15) is 11.0 Å². The van der Waals surface area contributed by atoms with Gasteiger partial charge in [0.2, 0.25) is 0 Å². The molecule has 1 N–H and O–H groups in total. The van der Waals surface area contributed by atoms with Crippen molar-refractivity contribution in [2.75, 3.05) is 5.32 Å². The van der Waals surface area contributed by atoms with Crippen LogP contribution in [0, 0.1) is 12.7 Å². The fourth-order valence-electron chi connectivity index (χ4n) is 2.04. The van der Waals surface area contributed by atoms with Crippen molar-refractivity contribution in [3.8, 4) is 0 Å². The summed E-state index contributed by atoms with van der Waals surface area (Å²) in [5.74, 6) is -0.859. The zero-order valence-electron chi connectivity index (χ0n) is 11.9. The first-order valence-corrected chi connectivity index (χ1v) is 7.12. The number of para-hydroxylation sites is 1. The minimum absolute atomic E-state index is 0.187. The third kappa shape index (κ3) is 3.79. The number of halogens is 2. The summed E-state index contributed by atoms with van der Waals surface area (Å²) in [7, 11) is 0. The van der Waals surface area contributed by atoms with E-state index in [9.17, 15) is 9.18 Å². The Morgan fingerprint density at radius 2 is 2.14 bits per heavy atom. The van der Waals surface area contributed by atoms with E-state index in [2.05, 4.69) is 10.3 Å². The lowest BCUT2D eigenvalue weighted by atomic mass is 10.1. The zero-order chi connectivity index (χ0) is 15.4. The van der Waals surface area contributed by atoms with E-state index in [1.54, 1.807) is 25.1 Å². The standard InChI is InChI=1S/C16H16ClFN2O/c1-3-5-12-8-11(9-14(17)19-12)16(21)20-15-10(2)6-4-7-13(15)18/h4,6-9H,3,5H2,1-2H3,(H,20,21). The van der Waals surface area contributed by atoms with Crippen molar-refractivity contribution < 1.29 is 9.18 Å². The Labute approximate surface area is 128 Å². The third-order valence-corrected chi connectivity index (χ3v) is 3.27. The van der Waals surface area contributed by atoms with Crippen LogP contribution in [0.2, 0.25) is 5.15 Å². The van der Waals surface area contributed by atoms with Gasteiger partial charge in [0.25, 0.3) is 5.91 Å². The maximum atomic E-state index is 13.8. The van der Waals surface area contributed by atoms with Gasteiger partial charge in [0.05, 0.1) is 5.69 Å². The largest absolute Gasteiger partial charge is 0.319 e. The summed E-state index contributed by atoms with van der Waals surface area (Å²) >= 11 is 5.93. The van der Waals surface area contributed by atoms with Crippen molar-refractivity contribution in [2.24, 2.45) is 0 Å². The number of benzene rings is 1. The van der Waals surface area contributed by atoms with Crippen molar-refractivity contribution >= 4 is 23.2 Å². The van der Waals surface area contributed by atoms with Gasteiger partial charge in [-0.05, 0) is 37.1 Å². The van der Waals surface area contributed by atoms with Crippen molar-refractivity contribution in [2.45, 2.75) is 26.7 Å². The van der Waals surface area contributed by atoms with E-state index < -0.39 is 11.7 Å². The van der Waals surface area contributed by atoms with E-state index in [-0.39, 0.29) is 10.8 Å². The molecule has 3 nitrogen and oxygen atoms in total. The molecule has 21 heavy (non-hydrogen) atoms. The first kappa shape index (κ1) is 15.4. The third-order valence-electron chi connectivity index (χ3n) is 3.08. The van der Waals surface area contributed by atoms with Gasteiger partial charge in [-0.2, -0.15) is 0 Å². The first-order valence-electron chi connectivity index (χ1n) is 6.74. The lowest BCUT2D eigenvalue weighted by molar-refractivity contribution is 0.102. The summed E-state index contributed by atoms with van der Waals surface area (Å²) in [6, 6.07) is 7.81. The van der Waals surface area contributed by atoms with Crippen LogP contribution in [0.1, 0.15) is 35.0 Å². The topological polar surface area (TPSA) is 42.0 Å². The van der Waals surface area contributed by atoms with Gasteiger partial charge in [-0.15, -0.1) is 0 Å². The average molecular weight is 307 g/mol. The number of pyridine rings is 1. The molecule has 0 unspecified atom stereocenters. The van der Waals surface area contributed by atoms with Gasteiger partial charge in [-0.3, -0.25) is 4.79 Å². The second-order valence-corrected chi connectivity index (χ2v) is 5.19. The summed E-state index contributed by atoms with van der Waals surface area (Å²) in [5.41, 5.74) is 1.98. The molecule has 0 saturated heterocycles. The van der Waals surface area contributed by atoms with Crippen molar-refractivity contribution in [3.63, 3.8) is 0 Å². The van der Waals surface area contributed by atoms with Crippen LogP contribution in [-0.2, 0) is 6.42 Å². The molecule has 0 saturated carbocycles. The molecule has 1 heterocycles. The van der Waals surface area contributed by atoms with Crippen molar-refractivity contribution in [3.05, 3.63) is 58.1 Å². The summed E-state index contributed by atoms with van der Waals surface area (Å²) in [6.07, 6.45) is 1.64. The van der Waals surface area contributed by atoms with Gasteiger partial charge in [-0.25, -0.2) is 9.37 Å². The van der Waals surface area contributed by atoms with Crippen LogP contribution < -0.4 is 5.32 Å². The minimum Gasteiger partial charge on any atom is -0.319 e. The normalized spacial score (nSPS) is 10.5. The van der Waals surface area contributed by atoms with Crippen LogP contribution in [0.3, 0.4) is 0 Å². The molecular weight excluding hydrogens is 291 g/mol. The second-order valence-electron chi connectivity index (χ2n) is 4.81. The highest BCUT2D eigenvalue weighted by Crippen LogP contribution is 2.20. The molecule has 1 aromatic heterocycles. The molecule has 0 spiro atoms. The Kier molecular flexibility index (Phi) is 4.91. The highest BCUT2D eigenvalue weighted by atomic mass is 35.5. The first-order chi connectivity index (χ1) is 10.0. The molecule has 0 fully saturated rings. The van der Waals surface area contributed by atoms with Crippen LogP contribution in [0.15, 0.2) is 30.3 Å². The number of hydrogen-bond donors (Lipinski definition) is 1. The number of hydrogen-bond acceptors (Lipinski definition) is 2. The Balaban J connectivity index is 2.28. The van der Waals surface area contributed by atoms with Crippen LogP contribution in [0.25, 0.3) is 0 Å². The Hall–Kier alpha value is -1.94. The number of carbonyl (C=O) groups is 1. The molecule has 1 aromatic carbocycles. The molecule has 0 atom stereocenters. The van der Waals surface area contributed by atoms with Crippen LogP contribution in [0.5, 0.6) is 0 Å². The zero-order valence-corrected chi connectivity index (χ0v) is 12.7. The molecule has 2 aromatic rings. The van der Waals surface area contributed by atoms with Crippen LogP contribution >= 0.6 is 11.6 Å². The van der Waals surface area contributed by atoms with Gasteiger partial charge >= 0.3 is 0 Å². The van der Waals surface area contributed by atoms with Crippen LogP contribution in [-0.4, -0.2) is 10.9 Å². The second kappa shape index (κ2) is 6.68. The van der Waals surface area contributed by atoms with Gasteiger partial charge in [0.15, 0.2) is 0 Å². The van der Waals surface area contributed by atoms with E-state index in [1.807, 2.05) is 6.92 Å². The van der Waals surface area contributed by atoms with Gasteiger partial charge in [0, 0.05) is 11.3 Å². The maximum Gasteiger partial charge on any atom is 0.255 e.